The molecule has 3 heterocycles. The molecule has 43 heavy (non-hydrogen) atoms. The van der Waals surface area contributed by atoms with Gasteiger partial charge < -0.3 is 19.3 Å². The number of hydrogen-bond acceptors (Lipinski definition) is 7. The van der Waals surface area contributed by atoms with Crippen LogP contribution in [0.1, 0.15) is 72.5 Å². The minimum atomic E-state index is -1.14. The number of carbonyl (C=O) groups is 1. The fourth-order valence-electron chi connectivity index (χ4n) is 7.89. The molecule has 2 atom stereocenters. The molecule has 4 aromatic rings. The van der Waals surface area contributed by atoms with E-state index in [-0.39, 0.29) is 22.6 Å². The van der Waals surface area contributed by atoms with E-state index in [0.29, 0.717) is 50.4 Å². The van der Waals surface area contributed by atoms with E-state index in [2.05, 4.69) is 15.0 Å². The first-order valence-electron chi connectivity index (χ1n) is 14.9. The molecule has 1 spiro atoms. The van der Waals surface area contributed by atoms with E-state index in [4.69, 9.17) is 32.5 Å². The topological polar surface area (TPSA) is 88.7 Å². The van der Waals surface area contributed by atoms with Crippen LogP contribution in [-0.2, 0) is 11.3 Å². The summed E-state index contributed by atoms with van der Waals surface area (Å²) >= 11 is 14.5. The summed E-state index contributed by atoms with van der Waals surface area (Å²) in [5.41, 5.74) is 2.79. The van der Waals surface area contributed by atoms with Crippen LogP contribution < -0.4 is 4.90 Å². The van der Waals surface area contributed by atoms with Crippen molar-refractivity contribution in [2.24, 2.45) is 17.3 Å². The molecule has 3 aliphatic carbocycles. The molecule has 7 nitrogen and oxygen atoms in total. The number of fused-ring (bicyclic) bond motifs is 1. The Bertz CT molecular complexity index is 1710. The molecule has 3 saturated carbocycles. The monoisotopic (exact) mass is 641 g/mol. The lowest BCUT2D eigenvalue weighted by molar-refractivity contribution is -0.161. The summed E-state index contributed by atoms with van der Waals surface area (Å²) in [5.74, 6) is 0.589. The molecule has 1 N–H and O–H groups in total. The number of benzene rings is 2. The highest BCUT2D eigenvalue weighted by Crippen LogP contribution is 2.61. The minimum absolute atomic E-state index is 0.0484. The molecule has 0 unspecified atom stereocenters. The van der Waals surface area contributed by atoms with E-state index in [1.807, 2.05) is 18.2 Å². The van der Waals surface area contributed by atoms with Gasteiger partial charge in [-0.15, -0.1) is 0 Å². The van der Waals surface area contributed by atoms with Gasteiger partial charge in [0.05, 0.1) is 33.0 Å². The molecular formula is C32H30Cl2FN3O4S. The fraction of sp³-hybridized carbons (Fsp3) is 0.469. The van der Waals surface area contributed by atoms with Crippen molar-refractivity contribution >= 4 is 55.9 Å². The average Bonchev–Trinajstić information content (AvgIpc) is 3.56. The Morgan fingerprint density at radius 1 is 1.14 bits per heavy atom. The number of carboxylic acids is 1. The normalized spacial score (nSPS) is 26.7. The summed E-state index contributed by atoms with van der Waals surface area (Å²) in [6.07, 6.45) is 7.94. The van der Waals surface area contributed by atoms with Gasteiger partial charge in [0, 0.05) is 30.1 Å². The Morgan fingerprint density at radius 3 is 2.53 bits per heavy atom. The van der Waals surface area contributed by atoms with Crippen LogP contribution in [0.15, 0.2) is 34.9 Å². The highest BCUT2D eigenvalue weighted by atomic mass is 35.5. The van der Waals surface area contributed by atoms with Crippen LogP contribution in [0.25, 0.3) is 21.5 Å². The van der Waals surface area contributed by atoms with Gasteiger partial charge in [-0.2, -0.15) is 0 Å². The first-order valence-corrected chi connectivity index (χ1v) is 16.5. The number of carboxylic acid groups (broad SMARTS) is 1. The average molecular weight is 643 g/mol. The number of aromatic nitrogens is 2. The summed E-state index contributed by atoms with van der Waals surface area (Å²) in [7, 11) is 0. The van der Waals surface area contributed by atoms with E-state index >= 15 is 0 Å². The second-order valence-corrected chi connectivity index (χ2v) is 14.5. The van der Waals surface area contributed by atoms with Gasteiger partial charge in [0.2, 0.25) is 0 Å². The van der Waals surface area contributed by atoms with Gasteiger partial charge >= 0.3 is 5.97 Å². The molecule has 224 valence electrons. The third-order valence-corrected chi connectivity index (χ3v) is 11.9. The second kappa shape index (κ2) is 10.4. The number of aromatic carboxylic acids is 1. The van der Waals surface area contributed by atoms with Crippen LogP contribution in [0.5, 0.6) is 0 Å². The Hall–Kier alpha value is -2.72. The van der Waals surface area contributed by atoms with Crippen LogP contribution in [-0.4, -0.2) is 40.4 Å². The molecule has 2 bridgehead atoms. The van der Waals surface area contributed by atoms with Crippen LogP contribution in [0.4, 0.5) is 9.52 Å². The van der Waals surface area contributed by atoms with Crippen molar-refractivity contribution in [3.05, 3.63) is 63.1 Å². The quantitative estimate of drug-likeness (QED) is 0.216. The maximum absolute atomic E-state index is 14.7. The highest BCUT2D eigenvalue weighted by Gasteiger charge is 2.58. The lowest BCUT2D eigenvalue weighted by Gasteiger charge is -2.63. The molecule has 0 radical (unpaired) electrons. The van der Waals surface area contributed by atoms with Crippen molar-refractivity contribution in [3.8, 4) is 11.3 Å². The molecule has 0 amide bonds. The standard InChI is InChI=1S/C32H30Cl2FN3O4S/c33-22-5-2-6-23(34)26(22)27-21(29(42-37-27)16-7-8-16)15-41-20-11-32(12-20)18-3-1-4-19(32)14-38(13-18)31-36-28-24(35)9-17(30(39)40)10-25(28)43-31/h2,5-6,9-10,16,18-20H,1,3-4,7-8,11-15H2,(H,39,40)/t18-,19+,20?,32?. The summed E-state index contributed by atoms with van der Waals surface area (Å²) in [4.78, 5) is 18.3. The maximum Gasteiger partial charge on any atom is 0.335 e. The zero-order chi connectivity index (χ0) is 29.5. The lowest BCUT2D eigenvalue weighted by atomic mass is 9.48. The smallest absolute Gasteiger partial charge is 0.335 e. The number of anilines is 1. The Labute approximate surface area is 261 Å². The number of hydrogen-bond donors (Lipinski definition) is 1. The fourth-order valence-corrected chi connectivity index (χ4v) is 9.50. The maximum atomic E-state index is 14.7. The summed E-state index contributed by atoms with van der Waals surface area (Å²) in [5, 5.41) is 15.6. The summed E-state index contributed by atoms with van der Waals surface area (Å²) in [6.45, 7) is 2.18. The van der Waals surface area contributed by atoms with E-state index in [9.17, 15) is 14.3 Å². The lowest BCUT2D eigenvalue weighted by Crippen LogP contribution is -2.62. The highest BCUT2D eigenvalue weighted by molar-refractivity contribution is 7.22. The Balaban J connectivity index is 0.984. The van der Waals surface area contributed by atoms with Gasteiger partial charge in [-0.1, -0.05) is 52.2 Å². The van der Waals surface area contributed by atoms with Crippen LogP contribution in [0.2, 0.25) is 10.0 Å². The molecule has 4 aliphatic rings. The van der Waals surface area contributed by atoms with Crippen molar-refractivity contribution in [1.29, 1.82) is 0 Å². The van der Waals surface area contributed by atoms with Gasteiger partial charge in [-0.05, 0) is 80.0 Å². The van der Waals surface area contributed by atoms with Crippen molar-refractivity contribution in [3.63, 3.8) is 0 Å². The summed E-state index contributed by atoms with van der Waals surface area (Å²) < 4.78 is 27.7. The number of halogens is 3. The van der Waals surface area contributed by atoms with E-state index in [0.717, 1.165) is 74.1 Å². The molecule has 4 fully saturated rings. The van der Waals surface area contributed by atoms with Crippen LogP contribution in [0, 0.1) is 23.1 Å². The molecule has 8 rings (SSSR count). The Morgan fingerprint density at radius 2 is 1.86 bits per heavy atom. The third kappa shape index (κ3) is 4.66. The summed E-state index contributed by atoms with van der Waals surface area (Å²) in [6, 6.07) is 8.04. The van der Waals surface area contributed by atoms with Gasteiger partial charge in [-0.3, -0.25) is 0 Å². The molecule has 1 aliphatic heterocycles. The van der Waals surface area contributed by atoms with Crippen molar-refractivity contribution < 1.29 is 23.6 Å². The number of thiazole rings is 1. The Kier molecular flexibility index (Phi) is 6.74. The second-order valence-electron chi connectivity index (χ2n) is 12.7. The number of rotatable bonds is 7. The first kappa shape index (κ1) is 27.8. The van der Waals surface area contributed by atoms with Gasteiger partial charge in [-0.25, -0.2) is 14.2 Å². The largest absolute Gasteiger partial charge is 0.478 e. The van der Waals surface area contributed by atoms with Crippen molar-refractivity contribution in [1.82, 2.24) is 10.1 Å². The van der Waals surface area contributed by atoms with Gasteiger partial charge in [0.25, 0.3) is 0 Å². The van der Waals surface area contributed by atoms with E-state index in [1.54, 1.807) is 0 Å². The van der Waals surface area contributed by atoms with E-state index < -0.39 is 11.8 Å². The van der Waals surface area contributed by atoms with E-state index in [1.165, 1.54) is 23.8 Å². The van der Waals surface area contributed by atoms with Crippen LogP contribution in [0.3, 0.4) is 0 Å². The van der Waals surface area contributed by atoms with Gasteiger partial charge in [0.1, 0.15) is 17.0 Å². The predicted molar refractivity (Wildman–Crippen MR) is 164 cm³/mol. The van der Waals surface area contributed by atoms with Crippen molar-refractivity contribution in [2.75, 3.05) is 18.0 Å². The molecule has 1 saturated heterocycles. The zero-order valence-corrected chi connectivity index (χ0v) is 25.7. The van der Waals surface area contributed by atoms with Crippen molar-refractivity contribution in [2.45, 2.75) is 63.6 Å². The zero-order valence-electron chi connectivity index (χ0n) is 23.3. The molecular weight excluding hydrogens is 612 g/mol. The number of piperidine rings is 1. The molecule has 2 aromatic carbocycles. The van der Waals surface area contributed by atoms with Gasteiger partial charge in [0.15, 0.2) is 10.9 Å². The minimum Gasteiger partial charge on any atom is -0.478 e. The SMILES string of the molecule is O=C(O)c1cc(F)c2nc(N3C[C@H]4CCC[C@@H](C3)C43CC(OCc4c(-c5c(Cl)cccc5Cl)noc4C4CC4)C3)sc2c1. The molecule has 11 heteroatoms. The number of ether oxygens (including phenoxy) is 1. The molecule has 2 aromatic heterocycles. The number of nitrogens with zero attached hydrogens (tertiary/aromatic N) is 3. The first-order chi connectivity index (χ1) is 20.8. The third-order valence-electron chi connectivity index (χ3n) is 10.2. The van der Waals surface area contributed by atoms with Crippen LogP contribution >= 0.6 is 34.5 Å². The predicted octanol–water partition coefficient (Wildman–Crippen LogP) is 8.57.